The second kappa shape index (κ2) is 5.70. The number of nitrogens with zero attached hydrogens (tertiary/aromatic N) is 3. The standard InChI is InChI=1S/C15H15ClN4OS/c1-4-20-13(12(16)9(3)19-20)14(21)18-15-17-10-6-5-8(2)7-11(10)22-15/h5-7H,4H2,1-3H3,(H,17,18,21). The Kier molecular flexibility index (Phi) is 3.88. The number of benzene rings is 1. The molecule has 3 rings (SSSR count). The first-order chi connectivity index (χ1) is 10.5. The number of nitrogens with one attached hydrogen (secondary N) is 1. The zero-order valence-electron chi connectivity index (χ0n) is 12.5. The quantitative estimate of drug-likeness (QED) is 0.786. The average Bonchev–Trinajstić information content (AvgIpc) is 2.99. The zero-order valence-corrected chi connectivity index (χ0v) is 14.0. The van der Waals surface area contributed by atoms with Gasteiger partial charge in [-0.3, -0.25) is 14.8 Å². The van der Waals surface area contributed by atoms with E-state index in [1.54, 1.807) is 11.6 Å². The molecule has 0 aliphatic carbocycles. The maximum absolute atomic E-state index is 12.5. The molecule has 1 aromatic carbocycles. The molecule has 0 fully saturated rings. The Labute approximate surface area is 136 Å². The number of rotatable bonds is 3. The van der Waals surface area contributed by atoms with E-state index in [4.69, 9.17) is 11.6 Å². The molecule has 0 saturated heterocycles. The van der Waals surface area contributed by atoms with Crippen molar-refractivity contribution in [2.24, 2.45) is 0 Å². The summed E-state index contributed by atoms with van der Waals surface area (Å²) in [6.45, 7) is 6.31. The molecule has 5 nitrogen and oxygen atoms in total. The van der Waals surface area contributed by atoms with Gasteiger partial charge in [-0.2, -0.15) is 5.10 Å². The predicted octanol–water partition coefficient (Wildman–Crippen LogP) is 4.04. The number of carbonyl (C=O) groups excluding carboxylic acids is 1. The van der Waals surface area contributed by atoms with Gasteiger partial charge in [0.15, 0.2) is 5.13 Å². The number of fused-ring (bicyclic) bond motifs is 1. The second-order valence-electron chi connectivity index (χ2n) is 5.01. The van der Waals surface area contributed by atoms with Crippen LogP contribution in [-0.2, 0) is 6.54 Å². The molecule has 0 aliphatic rings. The maximum Gasteiger partial charge on any atom is 0.277 e. The van der Waals surface area contributed by atoms with E-state index in [1.807, 2.05) is 26.0 Å². The van der Waals surface area contributed by atoms with Crippen molar-refractivity contribution in [2.45, 2.75) is 27.3 Å². The van der Waals surface area contributed by atoms with Gasteiger partial charge in [-0.15, -0.1) is 0 Å². The lowest BCUT2D eigenvalue weighted by Crippen LogP contribution is -2.17. The molecular weight excluding hydrogens is 320 g/mol. The van der Waals surface area contributed by atoms with Crippen LogP contribution in [0.25, 0.3) is 10.2 Å². The van der Waals surface area contributed by atoms with Crippen LogP contribution in [0, 0.1) is 13.8 Å². The van der Waals surface area contributed by atoms with Crippen molar-refractivity contribution in [1.82, 2.24) is 14.8 Å². The van der Waals surface area contributed by atoms with Crippen molar-refractivity contribution in [1.29, 1.82) is 0 Å². The smallest absolute Gasteiger partial charge is 0.277 e. The molecule has 0 saturated carbocycles. The number of hydrogen-bond donors (Lipinski definition) is 1. The van der Waals surface area contributed by atoms with Crippen molar-refractivity contribution < 1.29 is 4.79 Å². The summed E-state index contributed by atoms with van der Waals surface area (Å²) in [4.78, 5) is 16.9. The average molecular weight is 335 g/mol. The molecule has 0 bridgehead atoms. The summed E-state index contributed by atoms with van der Waals surface area (Å²) in [6, 6.07) is 6.00. The van der Waals surface area contributed by atoms with E-state index in [9.17, 15) is 4.79 Å². The van der Waals surface area contributed by atoms with Crippen molar-refractivity contribution in [3.63, 3.8) is 0 Å². The van der Waals surface area contributed by atoms with E-state index < -0.39 is 0 Å². The minimum Gasteiger partial charge on any atom is -0.296 e. The third-order valence-corrected chi connectivity index (χ3v) is 4.72. The fourth-order valence-corrected chi connectivity index (χ4v) is 3.43. The summed E-state index contributed by atoms with van der Waals surface area (Å²) in [5.41, 5.74) is 3.06. The van der Waals surface area contributed by atoms with Gasteiger partial charge in [0.1, 0.15) is 5.69 Å². The lowest BCUT2D eigenvalue weighted by atomic mass is 10.2. The number of amides is 1. The summed E-state index contributed by atoms with van der Waals surface area (Å²) >= 11 is 7.64. The monoisotopic (exact) mass is 334 g/mol. The summed E-state index contributed by atoms with van der Waals surface area (Å²) in [6.07, 6.45) is 0. The van der Waals surface area contributed by atoms with Gasteiger partial charge in [-0.1, -0.05) is 29.0 Å². The summed E-state index contributed by atoms with van der Waals surface area (Å²) < 4.78 is 2.64. The van der Waals surface area contributed by atoms with Gasteiger partial charge in [0, 0.05) is 6.54 Å². The summed E-state index contributed by atoms with van der Waals surface area (Å²) in [5, 5.41) is 8.02. The fraction of sp³-hybridized carbons (Fsp3) is 0.267. The van der Waals surface area contributed by atoms with Crippen LogP contribution >= 0.6 is 22.9 Å². The van der Waals surface area contributed by atoms with Crippen molar-refractivity contribution in [3.05, 3.63) is 40.2 Å². The van der Waals surface area contributed by atoms with Gasteiger partial charge < -0.3 is 0 Å². The third kappa shape index (κ3) is 2.60. The first-order valence-electron chi connectivity index (χ1n) is 6.91. The Morgan fingerprint density at radius 1 is 1.41 bits per heavy atom. The molecule has 0 spiro atoms. The Morgan fingerprint density at radius 3 is 2.91 bits per heavy atom. The molecule has 3 aromatic rings. The normalized spacial score (nSPS) is 11.1. The molecule has 1 N–H and O–H groups in total. The van der Waals surface area contributed by atoms with E-state index in [0.717, 1.165) is 15.8 Å². The highest BCUT2D eigenvalue weighted by atomic mass is 35.5. The van der Waals surface area contributed by atoms with E-state index in [-0.39, 0.29) is 5.91 Å². The minimum atomic E-state index is -0.289. The first kappa shape index (κ1) is 15.0. The maximum atomic E-state index is 12.5. The molecular formula is C15H15ClN4OS. The van der Waals surface area contributed by atoms with E-state index in [0.29, 0.717) is 28.1 Å². The highest BCUT2D eigenvalue weighted by Gasteiger charge is 2.20. The molecule has 0 atom stereocenters. The molecule has 0 radical (unpaired) electrons. The number of anilines is 1. The molecule has 2 aromatic heterocycles. The van der Waals surface area contributed by atoms with Gasteiger partial charge in [0.2, 0.25) is 0 Å². The number of carbonyl (C=O) groups is 1. The molecule has 22 heavy (non-hydrogen) atoms. The van der Waals surface area contributed by atoms with Crippen molar-refractivity contribution in [2.75, 3.05) is 5.32 Å². The van der Waals surface area contributed by atoms with Crippen molar-refractivity contribution >= 4 is 44.2 Å². The van der Waals surface area contributed by atoms with E-state index in [1.165, 1.54) is 11.3 Å². The second-order valence-corrected chi connectivity index (χ2v) is 6.42. The minimum absolute atomic E-state index is 0.289. The highest BCUT2D eigenvalue weighted by Crippen LogP contribution is 2.28. The summed E-state index contributed by atoms with van der Waals surface area (Å²) in [7, 11) is 0. The number of halogens is 1. The fourth-order valence-electron chi connectivity index (χ4n) is 2.25. The van der Waals surface area contributed by atoms with Crippen LogP contribution in [0.15, 0.2) is 18.2 Å². The van der Waals surface area contributed by atoms with Crippen LogP contribution in [0.4, 0.5) is 5.13 Å². The van der Waals surface area contributed by atoms with Gasteiger partial charge in [0.25, 0.3) is 5.91 Å². The Hall–Kier alpha value is -1.92. The lowest BCUT2D eigenvalue weighted by Gasteiger charge is -2.04. The Balaban J connectivity index is 1.93. The third-order valence-electron chi connectivity index (χ3n) is 3.33. The lowest BCUT2D eigenvalue weighted by molar-refractivity contribution is 0.101. The van der Waals surface area contributed by atoms with Gasteiger partial charge in [-0.25, -0.2) is 4.98 Å². The topological polar surface area (TPSA) is 59.8 Å². The number of aromatic nitrogens is 3. The molecule has 0 aliphatic heterocycles. The van der Waals surface area contributed by atoms with Crippen LogP contribution in [0.1, 0.15) is 28.7 Å². The van der Waals surface area contributed by atoms with E-state index >= 15 is 0 Å². The first-order valence-corrected chi connectivity index (χ1v) is 8.10. The van der Waals surface area contributed by atoms with Crippen LogP contribution < -0.4 is 5.32 Å². The zero-order chi connectivity index (χ0) is 15.9. The van der Waals surface area contributed by atoms with E-state index in [2.05, 4.69) is 21.5 Å². The molecule has 0 unspecified atom stereocenters. The molecule has 114 valence electrons. The Morgan fingerprint density at radius 2 is 2.18 bits per heavy atom. The number of aryl methyl sites for hydroxylation is 3. The SMILES string of the molecule is CCn1nc(C)c(Cl)c1C(=O)Nc1nc2ccc(C)cc2s1. The van der Waals surface area contributed by atoms with Gasteiger partial charge >= 0.3 is 0 Å². The van der Waals surface area contributed by atoms with Crippen LogP contribution in [0.2, 0.25) is 5.02 Å². The molecule has 2 heterocycles. The van der Waals surface area contributed by atoms with Crippen LogP contribution in [0.5, 0.6) is 0 Å². The van der Waals surface area contributed by atoms with Gasteiger partial charge in [-0.05, 0) is 38.5 Å². The van der Waals surface area contributed by atoms with Crippen molar-refractivity contribution in [3.8, 4) is 0 Å². The Bertz CT molecular complexity index is 868. The van der Waals surface area contributed by atoms with Gasteiger partial charge in [0.05, 0.1) is 20.9 Å². The largest absolute Gasteiger partial charge is 0.296 e. The number of thiazole rings is 1. The number of hydrogen-bond acceptors (Lipinski definition) is 4. The van der Waals surface area contributed by atoms with Crippen LogP contribution in [0.3, 0.4) is 0 Å². The highest BCUT2D eigenvalue weighted by molar-refractivity contribution is 7.22. The predicted molar refractivity (Wildman–Crippen MR) is 90.0 cm³/mol. The summed E-state index contributed by atoms with van der Waals surface area (Å²) in [5.74, 6) is -0.289. The molecule has 7 heteroatoms. The molecule has 1 amide bonds. The van der Waals surface area contributed by atoms with Crippen LogP contribution in [-0.4, -0.2) is 20.7 Å².